The molecule has 0 aliphatic heterocycles. The number of carbonyl (C=O) groups is 1. The molecule has 0 aliphatic carbocycles. The van der Waals surface area contributed by atoms with E-state index in [1.54, 1.807) is 4.90 Å². The molecule has 124 valence electrons. The van der Waals surface area contributed by atoms with Crippen LogP contribution in [0, 0.1) is 0 Å². The molecule has 1 aromatic carbocycles. The number of nitrogen functional groups attached to an aromatic ring is 1. The van der Waals surface area contributed by atoms with E-state index in [0.29, 0.717) is 17.5 Å². The van der Waals surface area contributed by atoms with E-state index in [2.05, 4.69) is 9.97 Å². The highest BCUT2D eigenvalue weighted by atomic mass is 32.2. The smallest absolute Gasteiger partial charge is 0.240 e. The minimum atomic E-state index is -0.304. The van der Waals surface area contributed by atoms with Crippen molar-refractivity contribution >= 4 is 50.7 Å². The highest BCUT2D eigenvalue weighted by molar-refractivity contribution is 8.00. The molecule has 3 aromatic rings. The number of nitrogens with zero attached hydrogens (tertiary/aromatic N) is 3. The third-order valence-electron chi connectivity index (χ3n) is 3.61. The van der Waals surface area contributed by atoms with Crippen LogP contribution in [0.5, 0.6) is 0 Å². The van der Waals surface area contributed by atoms with Crippen molar-refractivity contribution in [2.24, 2.45) is 0 Å². The van der Waals surface area contributed by atoms with Crippen LogP contribution in [0.1, 0.15) is 13.8 Å². The molecule has 24 heavy (non-hydrogen) atoms. The zero-order valence-electron chi connectivity index (χ0n) is 13.5. The summed E-state index contributed by atoms with van der Waals surface area (Å²) in [7, 11) is 0. The largest absolute Gasteiger partial charge is 0.383 e. The molecule has 0 saturated carbocycles. The number of hydrogen-bond acceptors (Lipinski definition) is 6. The van der Waals surface area contributed by atoms with Gasteiger partial charge in [0.2, 0.25) is 5.91 Å². The molecule has 0 aliphatic rings. The first-order valence-electron chi connectivity index (χ1n) is 7.64. The molecule has 0 saturated heterocycles. The van der Waals surface area contributed by atoms with E-state index in [4.69, 9.17) is 5.73 Å². The zero-order chi connectivity index (χ0) is 17.1. The van der Waals surface area contributed by atoms with E-state index >= 15 is 0 Å². The van der Waals surface area contributed by atoms with E-state index in [9.17, 15) is 4.79 Å². The summed E-state index contributed by atoms with van der Waals surface area (Å²) in [5.74, 6) is 0.487. The van der Waals surface area contributed by atoms with Gasteiger partial charge in [0.05, 0.1) is 10.6 Å². The van der Waals surface area contributed by atoms with Crippen LogP contribution in [-0.2, 0) is 4.79 Å². The molecule has 2 N–H and O–H groups in total. The summed E-state index contributed by atoms with van der Waals surface area (Å²) < 4.78 is 0. The Morgan fingerprint density at radius 1 is 1.29 bits per heavy atom. The van der Waals surface area contributed by atoms with Gasteiger partial charge in [-0.2, -0.15) is 0 Å². The third kappa shape index (κ3) is 3.37. The van der Waals surface area contributed by atoms with Gasteiger partial charge < -0.3 is 10.6 Å². The Balaban J connectivity index is 1.79. The first kappa shape index (κ1) is 16.7. The van der Waals surface area contributed by atoms with Gasteiger partial charge in [-0.25, -0.2) is 9.97 Å². The fraction of sp³-hybridized carbons (Fsp3) is 0.235. The predicted molar refractivity (Wildman–Crippen MR) is 102 cm³/mol. The Hall–Kier alpha value is -2.12. The SMILES string of the molecule is CCN(C(=O)C(C)Sc1nc(N)c2ccsc2n1)c1ccccc1. The normalized spacial score (nSPS) is 12.2. The van der Waals surface area contributed by atoms with Crippen LogP contribution in [0.25, 0.3) is 10.2 Å². The number of thioether (sulfide) groups is 1. The van der Waals surface area contributed by atoms with E-state index in [-0.39, 0.29) is 11.2 Å². The molecule has 2 heterocycles. The van der Waals surface area contributed by atoms with E-state index in [1.165, 1.54) is 23.1 Å². The minimum Gasteiger partial charge on any atom is -0.383 e. The highest BCUT2D eigenvalue weighted by Gasteiger charge is 2.23. The van der Waals surface area contributed by atoms with Gasteiger partial charge in [-0.05, 0) is 37.4 Å². The number of aromatic nitrogens is 2. The van der Waals surface area contributed by atoms with Crippen LogP contribution in [-0.4, -0.2) is 27.7 Å². The summed E-state index contributed by atoms with van der Waals surface area (Å²) in [6, 6.07) is 11.6. The average Bonchev–Trinajstić information content (AvgIpc) is 3.05. The number of amides is 1. The topological polar surface area (TPSA) is 72.1 Å². The first-order valence-corrected chi connectivity index (χ1v) is 9.40. The maximum absolute atomic E-state index is 12.8. The molecular formula is C17H18N4OS2. The molecule has 0 bridgehead atoms. The number of rotatable bonds is 5. The van der Waals surface area contributed by atoms with Crippen molar-refractivity contribution in [3.05, 3.63) is 41.8 Å². The number of nitrogens with two attached hydrogens (primary N) is 1. The molecule has 0 fully saturated rings. The molecule has 5 nitrogen and oxygen atoms in total. The zero-order valence-corrected chi connectivity index (χ0v) is 15.1. The van der Waals surface area contributed by atoms with Crippen LogP contribution < -0.4 is 10.6 Å². The van der Waals surface area contributed by atoms with Gasteiger partial charge in [0.1, 0.15) is 10.6 Å². The fourth-order valence-electron chi connectivity index (χ4n) is 2.41. The number of fused-ring (bicyclic) bond motifs is 1. The monoisotopic (exact) mass is 358 g/mol. The average molecular weight is 358 g/mol. The van der Waals surface area contributed by atoms with Crippen LogP contribution in [0.3, 0.4) is 0 Å². The van der Waals surface area contributed by atoms with Crippen molar-refractivity contribution in [2.45, 2.75) is 24.3 Å². The van der Waals surface area contributed by atoms with Crippen molar-refractivity contribution < 1.29 is 4.79 Å². The second-order valence-electron chi connectivity index (χ2n) is 5.21. The number of hydrogen-bond donors (Lipinski definition) is 1. The number of anilines is 2. The van der Waals surface area contributed by atoms with E-state index in [1.807, 2.05) is 55.6 Å². The second kappa shape index (κ2) is 7.19. The van der Waals surface area contributed by atoms with Crippen molar-refractivity contribution in [3.8, 4) is 0 Å². The van der Waals surface area contributed by atoms with E-state index < -0.39 is 0 Å². The Morgan fingerprint density at radius 2 is 2.04 bits per heavy atom. The summed E-state index contributed by atoms with van der Waals surface area (Å²) in [5.41, 5.74) is 6.87. The highest BCUT2D eigenvalue weighted by Crippen LogP contribution is 2.29. The maximum Gasteiger partial charge on any atom is 0.240 e. The lowest BCUT2D eigenvalue weighted by Gasteiger charge is -2.24. The van der Waals surface area contributed by atoms with Gasteiger partial charge in [0.15, 0.2) is 5.16 Å². The lowest BCUT2D eigenvalue weighted by atomic mass is 10.2. The summed E-state index contributed by atoms with van der Waals surface area (Å²) in [4.78, 5) is 24.2. The van der Waals surface area contributed by atoms with Crippen LogP contribution in [0.15, 0.2) is 46.9 Å². The van der Waals surface area contributed by atoms with Gasteiger partial charge in [-0.3, -0.25) is 4.79 Å². The quantitative estimate of drug-likeness (QED) is 0.555. The second-order valence-corrected chi connectivity index (χ2v) is 7.41. The minimum absolute atomic E-state index is 0.0298. The predicted octanol–water partition coefficient (Wildman–Crippen LogP) is 3.81. The van der Waals surface area contributed by atoms with E-state index in [0.717, 1.165) is 15.9 Å². The molecule has 7 heteroatoms. The Morgan fingerprint density at radius 3 is 2.75 bits per heavy atom. The van der Waals surface area contributed by atoms with Crippen molar-refractivity contribution in [1.82, 2.24) is 9.97 Å². The summed E-state index contributed by atoms with van der Waals surface area (Å²) >= 11 is 2.85. The molecule has 1 amide bonds. The lowest BCUT2D eigenvalue weighted by Crippen LogP contribution is -2.36. The number of benzene rings is 1. The van der Waals surface area contributed by atoms with Gasteiger partial charge in [0.25, 0.3) is 0 Å². The Labute approximate surface area is 148 Å². The van der Waals surface area contributed by atoms with Crippen LogP contribution >= 0.6 is 23.1 Å². The first-order chi connectivity index (χ1) is 11.6. The molecule has 1 atom stereocenters. The number of para-hydroxylation sites is 1. The van der Waals surface area contributed by atoms with Crippen molar-refractivity contribution in [2.75, 3.05) is 17.2 Å². The van der Waals surface area contributed by atoms with Gasteiger partial charge >= 0.3 is 0 Å². The molecule has 0 radical (unpaired) electrons. The number of carbonyl (C=O) groups excluding carboxylic acids is 1. The molecular weight excluding hydrogens is 340 g/mol. The third-order valence-corrected chi connectivity index (χ3v) is 5.37. The van der Waals surface area contributed by atoms with Crippen molar-refractivity contribution in [1.29, 1.82) is 0 Å². The maximum atomic E-state index is 12.8. The van der Waals surface area contributed by atoms with Crippen LogP contribution in [0.2, 0.25) is 0 Å². The summed E-state index contributed by atoms with van der Waals surface area (Å²) in [6.45, 7) is 4.45. The molecule has 2 aromatic heterocycles. The Kier molecular flexibility index (Phi) is 5.01. The summed E-state index contributed by atoms with van der Waals surface area (Å²) in [5, 5.41) is 3.03. The Bertz CT molecular complexity index is 850. The molecule has 3 rings (SSSR count). The summed E-state index contributed by atoms with van der Waals surface area (Å²) in [6.07, 6.45) is 0. The fourth-order valence-corrected chi connectivity index (χ4v) is 4.08. The number of thiophene rings is 1. The molecule has 0 spiro atoms. The lowest BCUT2D eigenvalue weighted by molar-refractivity contribution is -0.117. The van der Waals surface area contributed by atoms with Gasteiger partial charge in [-0.15, -0.1) is 11.3 Å². The van der Waals surface area contributed by atoms with Crippen LogP contribution in [0.4, 0.5) is 11.5 Å². The van der Waals surface area contributed by atoms with Gasteiger partial charge in [-0.1, -0.05) is 30.0 Å². The molecule has 1 unspecified atom stereocenters. The van der Waals surface area contributed by atoms with Gasteiger partial charge in [0, 0.05) is 12.2 Å². The van der Waals surface area contributed by atoms with Crippen molar-refractivity contribution in [3.63, 3.8) is 0 Å². The standard InChI is InChI=1S/C17H18N4OS2/c1-3-21(12-7-5-4-6-8-12)16(22)11(2)24-17-19-14(18)13-9-10-23-15(13)20-17/h4-11H,3H2,1-2H3,(H2,18,19,20).